The first kappa shape index (κ1) is 13.7. The van der Waals surface area contributed by atoms with Gasteiger partial charge in [-0.25, -0.2) is 0 Å². The Morgan fingerprint density at radius 3 is 2.72 bits per heavy atom. The number of ether oxygens (including phenoxy) is 1. The monoisotopic (exact) mass is 253 g/mol. The molecule has 0 spiro atoms. The number of hydrogen-bond acceptors (Lipinski definition) is 2. The SMILES string of the molecule is CN=C(NCC1CCCC1)N1CCC(COC)C1. The Bertz CT molecular complexity index is 274. The number of rotatable bonds is 4. The summed E-state index contributed by atoms with van der Waals surface area (Å²) in [5, 5.41) is 3.55. The standard InChI is InChI=1S/C14H27N3O/c1-15-14(16-9-12-5-3-4-6-12)17-8-7-13(10-17)11-18-2/h12-13H,3-11H2,1-2H3,(H,15,16). The van der Waals surface area contributed by atoms with E-state index >= 15 is 0 Å². The molecular formula is C14H27N3O. The molecule has 2 fully saturated rings. The van der Waals surface area contributed by atoms with E-state index in [1.165, 1.54) is 32.1 Å². The van der Waals surface area contributed by atoms with Gasteiger partial charge in [0.2, 0.25) is 0 Å². The average Bonchev–Trinajstić information content (AvgIpc) is 3.02. The average molecular weight is 253 g/mol. The van der Waals surface area contributed by atoms with Crippen LogP contribution in [0.1, 0.15) is 32.1 Å². The van der Waals surface area contributed by atoms with Gasteiger partial charge in [0.25, 0.3) is 0 Å². The number of nitrogens with one attached hydrogen (secondary N) is 1. The molecule has 2 aliphatic rings. The number of nitrogens with zero attached hydrogens (tertiary/aromatic N) is 2. The molecular weight excluding hydrogens is 226 g/mol. The molecule has 1 unspecified atom stereocenters. The van der Waals surface area contributed by atoms with Crippen LogP contribution in [0.3, 0.4) is 0 Å². The van der Waals surface area contributed by atoms with Crippen molar-refractivity contribution in [1.29, 1.82) is 0 Å². The zero-order valence-electron chi connectivity index (χ0n) is 11.8. The zero-order valence-corrected chi connectivity index (χ0v) is 11.8. The fourth-order valence-corrected chi connectivity index (χ4v) is 3.18. The molecule has 0 aromatic heterocycles. The van der Waals surface area contributed by atoms with Gasteiger partial charge in [0.15, 0.2) is 5.96 Å². The minimum Gasteiger partial charge on any atom is -0.384 e. The van der Waals surface area contributed by atoms with Gasteiger partial charge in [-0.3, -0.25) is 4.99 Å². The van der Waals surface area contributed by atoms with Crippen molar-refractivity contribution in [3.8, 4) is 0 Å². The van der Waals surface area contributed by atoms with Crippen molar-refractivity contribution in [1.82, 2.24) is 10.2 Å². The summed E-state index contributed by atoms with van der Waals surface area (Å²) in [4.78, 5) is 6.79. The maximum Gasteiger partial charge on any atom is 0.193 e. The summed E-state index contributed by atoms with van der Waals surface area (Å²) in [6.45, 7) is 4.16. The van der Waals surface area contributed by atoms with Crippen LogP contribution < -0.4 is 5.32 Å². The molecule has 0 aromatic carbocycles. The van der Waals surface area contributed by atoms with Crippen LogP contribution in [0.15, 0.2) is 4.99 Å². The summed E-state index contributed by atoms with van der Waals surface area (Å²) < 4.78 is 5.24. The largest absolute Gasteiger partial charge is 0.384 e. The van der Waals surface area contributed by atoms with Crippen LogP contribution >= 0.6 is 0 Å². The zero-order chi connectivity index (χ0) is 12.8. The second kappa shape index (κ2) is 6.98. The Balaban J connectivity index is 1.75. The second-order valence-electron chi connectivity index (χ2n) is 5.63. The minimum atomic E-state index is 0.667. The third-order valence-corrected chi connectivity index (χ3v) is 4.22. The molecule has 0 amide bonds. The van der Waals surface area contributed by atoms with Crippen LogP contribution in [0.2, 0.25) is 0 Å². The van der Waals surface area contributed by atoms with Crippen molar-refractivity contribution >= 4 is 5.96 Å². The number of hydrogen-bond donors (Lipinski definition) is 1. The quantitative estimate of drug-likeness (QED) is 0.612. The Hall–Kier alpha value is -0.770. The molecule has 0 aromatic rings. The van der Waals surface area contributed by atoms with Crippen LogP contribution in [-0.4, -0.2) is 51.3 Å². The second-order valence-corrected chi connectivity index (χ2v) is 5.63. The van der Waals surface area contributed by atoms with Gasteiger partial charge in [0.05, 0.1) is 6.61 Å². The summed E-state index contributed by atoms with van der Waals surface area (Å²) in [5.74, 6) is 2.61. The highest BCUT2D eigenvalue weighted by Crippen LogP contribution is 2.24. The van der Waals surface area contributed by atoms with E-state index in [2.05, 4.69) is 15.2 Å². The van der Waals surface area contributed by atoms with E-state index in [0.29, 0.717) is 5.92 Å². The van der Waals surface area contributed by atoms with Crippen LogP contribution in [0.5, 0.6) is 0 Å². The molecule has 0 bridgehead atoms. The fourth-order valence-electron chi connectivity index (χ4n) is 3.18. The van der Waals surface area contributed by atoms with Crippen molar-refractivity contribution in [2.45, 2.75) is 32.1 Å². The molecule has 104 valence electrons. The molecule has 1 aliphatic heterocycles. The lowest BCUT2D eigenvalue weighted by Gasteiger charge is -2.23. The van der Waals surface area contributed by atoms with Gasteiger partial charge in [-0.1, -0.05) is 12.8 Å². The highest BCUT2D eigenvalue weighted by Gasteiger charge is 2.25. The normalized spacial score (nSPS) is 26.0. The predicted octanol–water partition coefficient (Wildman–Crippen LogP) is 1.72. The Labute approximate surface area is 111 Å². The maximum absolute atomic E-state index is 5.24. The maximum atomic E-state index is 5.24. The van der Waals surface area contributed by atoms with Gasteiger partial charge >= 0.3 is 0 Å². The van der Waals surface area contributed by atoms with Crippen LogP contribution in [0.25, 0.3) is 0 Å². The summed E-state index contributed by atoms with van der Waals surface area (Å²) in [7, 11) is 3.68. The van der Waals surface area contributed by atoms with Crippen molar-refractivity contribution in [3.63, 3.8) is 0 Å². The van der Waals surface area contributed by atoms with E-state index in [-0.39, 0.29) is 0 Å². The highest BCUT2D eigenvalue weighted by atomic mass is 16.5. The number of methoxy groups -OCH3 is 1. The van der Waals surface area contributed by atoms with Crippen LogP contribution in [0, 0.1) is 11.8 Å². The van der Waals surface area contributed by atoms with E-state index in [1.807, 2.05) is 7.05 Å². The van der Waals surface area contributed by atoms with Crippen LogP contribution in [-0.2, 0) is 4.74 Å². The first-order valence-electron chi connectivity index (χ1n) is 7.28. The molecule has 4 heteroatoms. The summed E-state index contributed by atoms with van der Waals surface area (Å²) >= 11 is 0. The van der Waals surface area contributed by atoms with Crippen molar-refractivity contribution < 1.29 is 4.74 Å². The number of likely N-dealkylation sites (tertiary alicyclic amines) is 1. The third-order valence-electron chi connectivity index (χ3n) is 4.22. The summed E-state index contributed by atoms with van der Waals surface area (Å²) in [6, 6.07) is 0. The molecule has 1 N–H and O–H groups in total. The topological polar surface area (TPSA) is 36.9 Å². The molecule has 4 nitrogen and oxygen atoms in total. The smallest absolute Gasteiger partial charge is 0.193 e. The summed E-state index contributed by atoms with van der Waals surface area (Å²) in [5.41, 5.74) is 0. The number of guanidine groups is 1. The first-order valence-corrected chi connectivity index (χ1v) is 7.28. The Morgan fingerprint density at radius 2 is 2.06 bits per heavy atom. The van der Waals surface area contributed by atoms with Gasteiger partial charge in [-0.2, -0.15) is 0 Å². The van der Waals surface area contributed by atoms with E-state index < -0.39 is 0 Å². The van der Waals surface area contributed by atoms with Gasteiger partial charge in [-0.15, -0.1) is 0 Å². The Kier molecular flexibility index (Phi) is 5.29. The predicted molar refractivity (Wildman–Crippen MR) is 74.9 cm³/mol. The fraction of sp³-hybridized carbons (Fsp3) is 0.929. The lowest BCUT2D eigenvalue weighted by molar-refractivity contribution is 0.157. The number of aliphatic imine (C=N–C) groups is 1. The molecule has 1 saturated carbocycles. The molecule has 1 saturated heterocycles. The van der Waals surface area contributed by atoms with E-state index in [0.717, 1.165) is 38.1 Å². The van der Waals surface area contributed by atoms with Crippen LogP contribution in [0.4, 0.5) is 0 Å². The minimum absolute atomic E-state index is 0.667. The van der Waals surface area contributed by atoms with E-state index in [9.17, 15) is 0 Å². The van der Waals surface area contributed by atoms with E-state index in [1.54, 1.807) is 7.11 Å². The molecule has 0 radical (unpaired) electrons. The van der Waals surface area contributed by atoms with Crippen molar-refractivity contribution in [2.75, 3.05) is 40.4 Å². The lowest BCUT2D eigenvalue weighted by atomic mass is 10.1. The lowest BCUT2D eigenvalue weighted by Crippen LogP contribution is -2.41. The Morgan fingerprint density at radius 1 is 1.28 bits per heavy atom. The third kappa shape index (κ3) is 3.61. The van der Waals surface area contributed by atoms with Gasteiger partial charge in [0, 0.05) is 39.7 Å². The molecule has 1 aliphatic carbocycles. The molecule has 2 rings (SSSR count). The summed E-state index contributed by atoms with van der Waals surface area (Å²) in [6.07, 6.45) is 6.81. The molecule has 18 heavy (non-hydrogen) atoms. The van der Waals surface area contributed by atoms with Gasteiger partial charge < -0.3 is 15.0 Å². The molecule has 1 atom stereocenters. The van der Waals surface area contributed by atoms with Gasteiger partial charge in [-0.05, 0) is 25.2 Å². The van der Waals surface area contributed by atoms with Gasteiger partial charge in [0.1, 0.15) is 0 Å². The van der Waals surface area contributed by atoms with E-state index in [4.69, 9.17) is 4.74 Å². The van der Waals surface area contributed by atoms with Crippen molar-refractivity contribution in [3.05, 3.63) is 0 Å². The van der Waals surface area contributed by atoms with Crippen molar-refractivity contribution in [2.24, 2.45) is 16.8 Å². The first-order chi connectivity index (χ1) is 8.83. The molecule has 1 heterocycles. The highest BCUT2D eigenvalue weighted by molar-refractivity contribution is 5.80.